The minimum absolute atomic E-state index is 0.00190. The third-order valence-electron chi connectivity index (χ3n) is 8.78. The van der Waals surface area contributed by atoms with Crippen LogP contribution < -0.4 is 0 Å². The molecular formula is C38H44F6S. The van der Waals surface area contributed by atoms with Crippen molar-refractivity contribution in [3.63, 3.8) is 0 Å². The molecule has 2 saturated carbocycles. The van der Waals surface area contributed by atoms with Gasteiger partial charge < -0.3 is 0 Å². The SMILES string of the molecule is CC(C)(C)c1cc(Sc2cc(C(C)(C)C)cc(C(F)(F)F)c2C#CC2CCCCC2)c(C#CC2CCCCC2)c(C(F)(F)F)c1. The Labute approximate surface area is 269 Å². The number of alkyl halides is 6. The second-order valence-electron chi connectivity index (χ2n) is 14.6. The number of halogens is 6. The summed E-state index contributed by atoms with van der Waals surface area (Å²) >= 11 is 0.930. The summed E-state index contributed by atoms with van der Waals surface area (Å²) in [6.45, 7) is 11.0. The molecule has 7 heteroatoms. The van der Waals surface area contributed by atoms with Crippen LogP contribution in [0.5, 0.6) is 0 Å². The molecule has 0 nitrogen and oxygen atoms in total. The van der Waals surface area contributed by atoms with Crippen LogP contribution in [-0.4, -0.2) is 0 Å². The van der Waals surface area contributed by atoms with Gasteiger partial charge in [0.05, 0.1) is 22.3 Å². The van der Waals surface area contributed by atoms with Crippen LogP contribution in [-0.2, 0) is 23.2 Å². The van der Waals surface area contributed by atoms with Crippen LogP contribution in [0.2, 0.25) is 0 Å². The monoisotopic (exact) mass is 646 g/mol. The summed E-state index contributed by atoms with van der Waals surface area (Å²) < 4.78 is 88.2. The predicted octanol–water partition coefficient (Wildman–Crippen LogP) is 12.3. The molecule has 2 aliphatic rings. The fourth-order valence-electron chi connectivity index (χ4n) is 5.92. The summed E-state index contributed by atoms with van der Waals surface area (Å²) in [4.78, 5) is 0.413. The third-order valence-corrected chi connectivity index (χ3v) is 9.86. The number of rotatable bonds is 2. The van der Waals surface area contributed by atoms with Crippen LogP contribution in [0.4, 0.5) is 26.3 Å². The smallest absolute Gasteiger partial charge is 0.166 e. The van der Waals surface area contributed by atoms with Crippen LogP contribution in [0.1, 0.15) is 139 Å². The Morgan fingerprint density at radius 3 is 1.16 bits per heavy atom. The lowest BCUT2D eigenvalue weighted by atomic mass is 9.84. The van der Waals surface area contributed by atoms with E-state index in [9.17, 15) is 26.3 Å². The highest BCUT2D eigenvalue weighted by molar-refractivity contribution is 7.99. The summed E-state index contributed by atoms with van der Waals surface area (Å²) in [5.41, 5.74) is -2.44. The molecule has 0 saturated heterocycles. The van der Waals surface area contributed by atoms with Crippen LogP contribution in [0.25, 0.3) is 0 Å². The molecule has 2 fully saturated rings. The lowest BCUT2D eigenvalue weighted by Crippen LogP contribution is -2.17. The molecule has 0 amide bonds. The average Bonchev–Trinajstić information content (AvgIpc) is 2.94. The van der Waals surface area contributed by atoms with E-state index in [2.05, 4.69) is 23.7 Å². The number of benzene rings is 2. The maximum absolute atomic E-state index is 14.7. The molecule has 0 atom stereocenters. The van der Waals surface area contributed by atoms with Crippen molar-refractivity contribution in [2.45, 2.75) is 139 Å². The Kier molecular flexibility index (Phi) is 10.8. The lowest BCUT2D eigenvalue weighted by molar-refractivity contribution is -0.138. The quantitative estimate of drug-likeness (QED) is 0.231. The zero-order valence-corrected chi connectivity index (χ0v) is 28.0. The first-order chi connectivity index (χ1) is 20.8. The lowest BCUT2D eigenvalue weighted by Gasteiger charge is -2.25. The van der Waals surface area contributed by atoms with Gasteiger partial charge in [0, 0.05) is 21.6 Å². The van der Waals surface area contributed by atoms with Gasteiger partial charge in [0.15, 0.2) is 0 Å². The van der Waals surface area contributed by atoms with E-state index in [-0.39, 0.29) is 32.8 Å². The van der Waals surface area contributed by atoms with Crippen molar-refractivity contribution in [3.8, 4) is 23.7 Å². The van der Waals surface area contributed by atoms with Crippen molar-refractivity contribution >= 4 is 11.8 Å². The van der Waals surface area contributed by atoms with E-state index in [0.29, 0.717) is 11.1 Å². The molecule has 2 aliphatic carbocycles. The van der Waals surface area contributed by atoms with Crippen LogP contribution >= 0.6 is 11.8 Å². The summed E-state index contributed by atoms with van der Waals surface area (Å²) in [5.74, 6) is 12.0. The molecule has 4 rings (SSSR count). The van der Waals surface area contributed by atoms with Crippen molar-refractivity contribution in [3.05, 3.63) is 57.6 Å². The highest BCUT2D eigenvalue weighted by Gasteiger charge is 2.38. The Morgan fingerprint density at radius 1 is 0.533 bits per heavy atom. The highest BCUT2D eigenvalue weighted by atomic mass is 32.2. The fourth-order valence-corrected chi connectivity index (χ4v) is 7.06. The molecule has 2 aromatic carbocycles. The van der Waals surface area contributed by atoms with Gasteiger partial charge in [0.25, 0.3) is 0 Å². The van der Waals surface area contributed by atoms with Gasteiger partial charge in [0.2, 0.25) is 0 Å². The highest BCUT2D eigenvalue weighted by Crippen LogP contribution is 2.46. The molecule has 0 unspecified atom stereocenters. The molecule has 0 radical (unpaired) electrons. The van der Waals surface area contributed by atoms with Crippen molar-refractivity contribution in [1.29, 1.82) is 0 Å². The summed E-state index contributed by atoms with van der Waals surface area (Å²) in [6.07, 6.45) is 0.0622. The standard InChI is InChI=1S/C38H44F6S/c1-35(2,3)27-21-31(37(39,40)41)29(19-17-25-13-9-7-10-14-25)33(23-27)45-34-24-28(36(4,5)6)22-32(38(42,43)44)30(34)20-18-26-15-11-8-12-16-26/h21-26H,7-16H2,1-6H3. The summed E-state index contributed by atoms with van der Waals surface area (Å²) in [6, 6.07) is 5.68. The first-order valence-electron chi connectivity index (χ1n) is 16.1. The van der Waals surface area contributed by atoms with Crippen molar-refractivity contribution in [1.82, 2.24) is 0 Å². The number of hydrogen-bond acceptors (Lipinski definition) is 1. The molecule has 244 valence electrons. The first kappa shape index (κ1) is 35.3. The minimum atomic E-state index is -4.69. The molecule has 0 aliphatic heterocycles. The molecule has 0 bridgehead atoms. The first-order valence-corrected chi connectivity index (χ1v) is 16.9. The summed E-state index contributed by atoms with van der Waals surface area (Å²) in [7, 11) is 0. The Bertz CT molecular complexity index is 1370. The summed E-state index contributed by atoms with van der Waals surface area (Å²) in [5, 5.41) is 0. The normalized spacial score (nSPS) is 17.3. The second-order valence-corrected chi connectivity index (χ2v) is 15.7. The zero-order chi connectivity index (χ0) is 33.2. The molecule has 0 aromatic heterocycles. The Balaban J connectivity index is 2.00. The molecule has 2 aromatic rings. The fraction of sp³-hybridized carbons (Fsp3) is 0.579. The van der Waals surface area contributed by atoms with Crippen molar-refractivity contribution in [2.24, 2.45) is 11.8 Å². The van der Waals surface area contributed by atoms with E-state index >= 15 is 0 Å². The van der Waals surface area contributed by atoms with Gasteiger partial charge in [0.1, 0.15) is 0 Å². The van der Waals surface area contributed by atoms with Crippen molar-refractivity contribution in [2.75, 3.05) is 0 Å². The largest absolute Gasteiger partial charge is 0.417 e. The van der Waals surface area contributed by atoms with E-state index in [4.69, 9.17) is 0 Å². The van der Waals surface area contributed by atoms with E-state index in [1.807, 2.05) is 41.5 Å². The molecule has 45 heavy (non-hydrogen) atoms. The van der Waals surface area contributed by atoms with E-state index in [1.165, 1.54) is 0 Å². The topological polar surface area (TPSA) is 0 Å². The average molecular weight is 647 g/mol. The van der Waals surface area contributed by atoms with Crippen molar-refractivity contribution < 1.29 is 26.3 Å². The molecular weight excluding hydrogens is 602 g/mol. The molecule has 0 heterocycles. The van der Waals surface area contributed by atoms with E-state index in [1.54, 1.807) is 12.1 Å². The van der Waals surface area contributed by atoms with Gasteiger partial charge in [-0.15, -0.1) is 0 Å². The van der Waals surface area contributed by atoms with E-state index < -0.39 is 34.3 Å². The minimum Gasteiger partial charge on any atom is -0.166 e. The maximum atomic E-state index is 14.7. The zero-order valence-electron chi connectivity index (χ0n) is 27.2. The van der Waals surface area contributed by atoms with Crippen LogP contribution in [0, 0.1) is 35.5 Å². The Morgan fingerprint density at radius 2 is 0.867 bits per heavy atom. The second kappa shape index (κ2) is 13.7. The van der Waals surface area contributed by atoms with E-state index in [0.717, 1.165) is 88.1 Å². The molecule has 0 spiro atoms. The maximum Gasteiger partial charge on any atom is 0.417 e. The van der Waals surface area contributed by atoms with Gasteiger partial charge in [-0.05, 0) is 71.9 Å². The van der Waals surface area contributed by atoms with Crippen LogP contribution in [0.15, 0.2) is 34.1 Å². The van der Waals surface area contributed by atoms with Gasteiger partial charge in [-0.2, -0.15) is 26.3 Å². The van der Waals surface area contributed by atoms with Gasteiger partial charge >= 0.3 is 12.4 Å². The van der Waals surface area contributed by atoms with Gasteiger partial charge in [-0.1, -0.05) is 116 Å². The van der Waals surface area contributed by atoms with Gasteiger partial charge in [-0.3, -0.25) is 0 Å². The van der Waals surface area contributed by atoms with Gasteiger partial charge in [-0.25, -0.2) is 0 Å². The Hall–Kier alpha value is -2.51. The molecule has 0 N–H and O–H groups in total. The van der Waals surface area contributed by atoms with Crippen LogP contribution in [0.3, 0.4) is 0 Å². The predicted molar refractivity (Wildman–Crippen MR) is 171 cm³/mol. The third kappa shape index (κ3) is 9.28. The number of hydrogen-bond donors (Lipinski definition) is 0.